The van der Waals surface area contributed by atoms with Crippen molar-refractivity contribution in [2.24, 2.45) is 0 Å². The average Bonchev–Trinajstić information content (AvgIpc) is 2.50. The number of likely N-dealkylation sites (N-methyl/N-ethyl adjacent to an activating group) is 1. The third-order valence-corrected chi connectivity index (χ3v) is 2.72. The Morgan fingerprint density at radius 3 is 3.05 bits per heavy atom. The number of nitrogens with one attached hydrogen (secondary N) is 2. The van der Waals surface area contributed by atoms with Crippen LogP contribution in [0.4, 0.5) is 0 Å². The Morgan fingerprint density at radius 1 is 1.55 bits per heavy atom. The Labute approximate surface area is 120 Å². The van der Waals surface area contributed by atoms with E-state index in [1.165, 1.54) is 0 Å². The molecule has 4 heteroatoms. The number of aromatic nitrogens is 1. The van der Waals surface area contributed by atoms with Gasteiger partial charge in [0, 0.05) is 31.0 Å². The van der Waals surface area contributed by atoms with Gasteiger partial charge < -0.3 is 10.4 Å². The summed E-state index contributed by atoms with van der Waals surface area (Å²) < 4.78 is 0. The molecule has 108 valence electrons. The second-order valence-corrected chi connectivity index (χ2v) is 4.25. The number of rotatable bonds is 9. The number of hydrogen-bond donors (Lipinski definition) is 3. The monoisotopic (exact) mass is 273 g/mol. The first-order chi connectivity index (χ1) is 9.77. The number of aliphatic hydroxyl groups is 1. The molecule has 0 bridgehead atoms. The van der Waals surface area contributed by atoms with Gasteiger partial charge in [-0.05, 0) is 18.2 Å². The van der Waals surface area contributed by atoms with Crippen LogP contribution < -0.4 is 10.6 Å². The summed E-state index contributed by atoms with van der Waals surface area (Å²) in [6.07, 6.45) is 10.4. The van der Waals surface area contributed by atoms with Crippen LogP contribution in [0.15, 0.2) is 61.0 Å². The van der Waals surface area contributed by atoms with Crippen molar-refractivity contribution in [3.8, 4) is 0 Å². The Hall–Kier alpha value is -1.75. The lowest BCUT2D eigenvalue weighted by Gasteiger charge is -2.10. The molecular weight excluding hydrogens is 250 g/mol. The van der Waals surface area contributed by atoms with Crippen LogP contribution in [0.25, 0.3) is 0 Å². The minimum atomic E-state index is -0.696. The quantitative estimate of drug-likeness (QED) is 0.475. The van der Waals surface area contributed by atoms with E-state index in [0.29, 0.717) is 6.54 Å². The van der Waals surface area contributed by atoms with Crippen molar-refractivity contribution < 1.29 is 5.11 Å². The fraction of sp³-hybridized carbons (Fsp3) is 0.312. The van der Waals surface area contributed by atoms with Crippen molar-refractivity contribution in [1.82, 2.24) is 15.6 Å². The van der Waals surface area contributed by atoms with Gasteiger partial charge in [0.15, 0.2) is 0 Å². The van der Waals surface area contributed by atoms with Crippen molar-refractivity contribution in [3.05, 3.63) is 66.5 Å². The zero-order valence-electron chi connectivity index (χ0n) is 11.9. The van der Waals surface area contributed by atoms with Gasteiger partial charge in [0.1, 0.15) is 6.23 Å². The average molecular weight is 273 g/mol. The van der Waals surface area contributed by atoms with E-state index < -0.39 is 6.23 Å². The summed E-state index contributed by atoms with van der Waals surface area (Å²) in [7, 11) is 0. The summed E-state index contributed by atoms with van der Waals surface area (Å²) in [6.45, 7) is 8.18. The van der Waals surface area contributed by atoms with Crippen molar-refractivity contribution in [2.75, 3.05) is 19.6 Å². The summed E-state index contributed by atoms with van der Waals surface area (Å²) in [6, 6.07) is 3.64. The van der Waals surface area contributed by atoms with E-state index in [9.17, 15) is 5.11 Å². The van der Waals surface area contributed by atoms with Crippen LogP contribution in [0.3, 0.4) is 0 Å². The number of pyridine rings is 1. The standard InChI is InChI=1S/C16H23N3O/c1-3-14(12-17-4-2)8-5-6-11-19-16(20)15-9-7-10-18-13-15/h3,5-10,13,16-17,19-20H,1,4,11-12H2,2H3/b6-5+,14-8+. The van der Waals surface area contributed by atoms with Crippen LogP contribution in [0.1, 0.15) is 18.7 Å². The third-order valence-electron chi connectivity index (χ3n) is 2.72. The van der Waals surface area contributed by atoms with Gasteiger partial charge in [-0.15, -0.1) is 0 Å². The van der Waals surface area contributed by atoms with E-state index in [2.05, 4.69) is 29.1 Å². The molecule has 1 unspecified atom stereocenters. The number of aliphatic hydroxyl groups excluding tert-OH is 1. The second-order valence-electron chi connectivity index (χ2n) is 4.25. The van der Waals surface area contributed by atoms with Crippen molar-refractivity contribution in [3.63, 3.8) is 0 Å². The van der Waals surface area contributed by atoms with Crippen molar-refractivity contribution in [2.45, 2.75) is 13.2 Å². The van der Waals surface area contributed by atoms with E-state index in [0.717, 1.165) is 24.2 Å². The Morgan fingerprint density at radius 2 is 2.40 bits per heavy atom. The molecule has 1 aromatic rings. The number of allylic oxidation sites excluding steroid dienone is 2. The lowest BCUT2D eigenvalue weighted by Crippen LogP contribution is -2.20. The molecule has 0 amide bonds. The Kier molecular flexibility index (Phi) is 8.22. The van der Waals surface area contributed by atoms with Gasteiger partial charge in [-0.3, -0.25) is 10.3 Å². The molecule has 0 aromatic carbocycles. The topological polar surface area (TPSA) is 57.2 Å². The lowest BCUT2D eigenvalue weighted by molar-refractivity contribution is 0.143. The van der Waals surface area contributed by atoms with Gasteiger partial charge >= 0.3 is 0 Å². The molecule has 0 fully saturated rings. The largest absolute Gasteiger partial charge is 0.374 e. The Bertz CT molecular complexity index is 440. The molecule has 0 saturated carbocycles. The van der Waals surface area contributed by atoms with Gasteiger partial charge in [-0.1, -0.05) is 43.9 Å². The van der Waals surface area contributed by atoms with Gasteiger partial charge in [0.25, 0.3) is 0 Å². The zero-order valence-corrected chi connectivity index (χ0v) is 11.9. The first kappa shape index (κ1) is 16.3. The fourth-order valence-corrected chi connectivity index (χ4v) is 1.56. The van der Waals surface area contributed by atoms with E-state index in [1.807, 2.05) is 30.4 Å². The molecule has 0 saturated heterocycles. The molecule has 20 heavy (non-hydrogen) atoms. The molecule has 0 aliphatic carbocycles. The number of hydrogen-bond acceptors (Lipinski definition) is 4. The fourth-order valence-electron chi connectivity index (χ4n) is 1.56. The molecule has 3 N–H and O–H groups in total. The first-order valence-electron chi connectivity index (χ1n) is 6.78. The normalized spacial score (nSPS) is 13.6. The second kappa shape index (κ2) is 10.1. The maximum atomic E-state index is 9.86. The van der Waals surface area contributed by atoms with Crippen LogP contribution in [0, 0.1) is 0 Å². The Balaban J connectivity index is 2.34. The first-order valence-corrected chi connectivity index (χ1v) is 6.78. The van der Waals surface area contributed by atoms with Crippen molar-refractivity contribution >= 4 is 0 Å². The summed E-state index contributed by atoms with van der Waals surface area (Å²) in [4.78, 5) is 3.97. The molecule has 1 heterocycles. The van der Waals surface area contributed by atoms with Crippen LogP contribution in [-0.4, -0.2) is 29.7 Å². The highest BCUT2D eigenvalue weighted by Gasteiger charge is 2.03. The molecule has 4 nitrogen and oxygen atoms in total. The SMILES string of the molecule is C=C/C(=C\C=C\CNC(O)c1cccnc1)CNCC. The summed E-state index contributed by atoms with van der Waals surface area (Å²) >= 11 is 0. The van der Waals surface area contributed by atoms with Gasteiger partial charge in [0.05, 0.1) is 0 Å². The highest BCUT2D eigenvalue weighted by atomic mass is 16.3. The zero-order chi connectivity index (χ0) is 14.6. The minimum Gasteiger partial charge on any atom is -0.374 e. The highest BCUT2D eigenvalue weighted by molar-refractivity contribution is 5.23. The number of nitrogens with zero attached hydrogens (tertiary/aromatic N) is 1. The molecule has 1 aromatic heterocycles. The lowest BCUT2D eigenvalue weighted by atomic mass is 10.2. The summed E-state index contributed by atoms with van der Waals surface area (Å²) in [5, 5.41) is 16.1. The third kappa shape index (κ3) is 6.43. The molecule has 0 spiro atoms. The van der Waals surface area contributed by atoms with E-state index in [-0.39, 0.29) is 0 Å². The van der Waals surface area contributed by atoms with E-state index in [1.54, 1.807) is 18.5 Å². The van der Waals surface area contributed by atoms with Crippen LogP contribution in [0.2, 0.25) is 0 Å². The molecule has 1 atom stereocenters. The van der Waals surface area contributed by atoms with Crippen LogP contribution >= 0.6 is 0 Å². The predicted molar refractivity (Wildman–Crippen MR) is 83.2 cm³/mol. The summed E-state index contributed by atoms with van der Waals surface area (Å²) in [5.41, 5.74) is 1.89. The smallest absolute Gasteiger partial charge is 0.132 e. The molecule has 0 aliphatic rings. The molecule has 1 rings (SSSR count). The van der Waals surface area contributed by atoms with E-state index in [4.69, 9.17) is 0 Å². The van der Waals surface area contributed by atoms with Crippen LogP contribution in [-0.2, 0) is 0 Å². The predicted octanol–water partition coefficient (Wildman–Crippen LogP) is 1.94. The van der Waals surface area contributed by atoms with Crippen molar-refractivity contribution in [1.29, 1.82) is 0 Å². The molecule has 0 aliphatic heterocycles. The van der Waals surface area contributed by atoms with Gasteiger partial charge in [0.2, 0.25) is 0 Å². The maximum absolute atomic E-state index is 9.86. The van der Waals surface area contributed by atoms with Crippen LogP contribution in [0.5, 0.6) is 0 Å². The highest BCUT2D eigenvalue weighted by Crippen LogP contribution is 2.06. The molecule has 0 radical (unpaired) electrons. The van der Waals surface area contributed by atoms with E-state index >= 15 is 0 Å². The van der Waals surface area contributed by atoms with Gasteiger partial charge in [-0.25, -0.2) is 0 Å². The minimum absolute atomic E-state index is 0.582. The summed E-state index contributed by atoms with van der Waals surface area (Å²) in [5.74, 6) is 0. The van der Waals surface area contributed by atoms with Gasteiger partial charge in [-0.2, -0.15) is 0 Å². The maximum Gasteiger partial charge on any atom is 0.132 e. The molecular formula is C16H23N3O.